The van der Waals surface area contributed by atoms with Gasteiger partial charge in [0, 0.05) is 0 Å². The second-order valence-corrected chi connectivity index (χ2v) is 4.14. The molecule has 0 fully saturated rings. The van der Waals surface area contributed by atoms with E-state index in [0.717, 1.165) is 16.7 Å². The standard InChI is InChI=1S/C9H13NO4Si/c1-4-7(11)10(9(13)14-6-3)15-8(12)5-2/h4-5H,1-2,6,15H2,3H3. The Morgan fingerprint density at radius 1 is 1.33 bits per heavy atom. The highest BCUT2D eigenvalue weighted by atomic mass is 28.2. The number of allylic oxidation sites excluding steroid dienone is 1. The third-order valence-corrected chi connectivity index (χ3v) is 2.96. The molecule has 0 aromatic rings. The zero-order valence-electron chi connectivity index (χ0n) is 8.56. The highest BCUT2D eigenvalue weighted by Gasteiger charge is 2.22. The van der Waals surface area contributed by atoms with E-state index in [4.69, 9.17) is 0 Å². The van der Waals surface area contributed by atoms with Crippen molar-refractivity contribution in [1.29, 1.82) is 0 Å². The molecule has 0 aliphatic rings. The number of imide groups is 1. The summed E-state index contributed by atoms with van der Waals surface area (Å²) < 4.78 is 5.45. The minimum atomic E-state index is -1.70. The number of carbonyl (C=O) groups excluding carboxylic acids is 3. The molecule has 0 saturated carbocycles. The van der Waals surface area contributed by atoms with Crippen LogP contribution < -0.4 is 0 Å². The van der Waals surface area contributed by atoms with Crippen molar-refractivity contribution in [3.05, 3.63) is 25.3 Å². The van der Waals surface area contributed by atoms with Crippen LogP contribution in [0, 0.1) is 0 Å². The van der Waals surface area contributed by atoms with E-state index in [2.05, 4.69) is 17.9 Å². The largest absolute Gasteiger partial charge is 0.450 e. The molecule has 0 aromatic carbocycles. The molecule has 6 heteroatoms. The number of ether oxygens (including phenoxy) is 1. The van der Waals surface area contributed by atoms with Crippen LogP contribution in [-0.2, 0) is 14.3 Å². The zero-order valence-corrected chi connectivity index (χ0v) is 9.98. The van der Waals surface area contributed by atoms with Crippen LogP contribution in [0.25, 0.3) is 0 Å². The molecule has 2 amide bonds. The van der Waals surface area contributed by atoms with Gasteiger partial charge >= 0.3 is 6.09 Å². The Morgan fingerprint density at radius 3 is 2.33 bits per heavy atom. The first-order chi connectivity index (χ1) is 7.06. The van der Waals surface area contributed by atoms with Gasteiger partial charge in [0.2, 0.25) is 15.6 Å². The first-order valence-electron chi connectivity index (χ1n) is 4.32. The van der Waals surface area contributed by atoms with Crippen molar-refractivity contribution in [2.75, 3.05) is 6.61 Å². The van der Waals surface area contributed by atoms with Gasteiger partial charge in [-0.25, -0.2) is 4.79 Å². The molecular weight excluding hydrogens is 214 g/mol. The number of hydrogen-bond acceptors (Lipinski definition) is 4. The Balaban J connectivity index is 4.64. The van der Waals surface area contributed by atoms with E-state index in [9.17, 15) is 14.4 Å². The Hall–Kier alpha value is -1.69. The van der Waals surface area contributed by atoms with Gasteiger partial charge in [0.1, 0.15) is 5.41 Å². The summed E-state index contributed by atoms with van der Waals surface area (Å²) in [6.07, 6.45) is 1.26. The van der Waals surface area contributed by atoms with Crippen LogP contribution in [-0.4, -0.2) is 38.3 Å². The molecule has 5 nitrogen and oxygen atoms in total. The zero-order chi connectivity index (χ0) is 11.8. The third kappa shape index (κ3) is 4.36. The summed E-state index contributed by atoms with van der Waals surface area (Å²) in [5.41, 5.74) is 0. The van der Waals surface area contributed by atoms with Crippen molar-refractivity contribution in [2.24, 2.45) is 0 Å². The van der Waals surface area contributed by atoms with E-state index >= 15 is 0 Å². The van der Waals surface area contributed by atoms with E-state index in [1.807, 2.05) is 0 Å². The molecule has 0 heterocycles. The van der Waals surface area contributed by atoms with E-state index in [1.165, 1.54) is 0 Å². The molecular formula is C9H13NO4Si. The molecule has 0 spiro atoms. The van der Waals surface area contributed by atoms with Gasteiger partial charge in [-0.15, -0.1) is 0 Å². The summed E-state index contributed by atoms with van der Waals surface area (Å²) in [7, 11) is -1.70. The summed E-state index contributed by atoms with van der Waals surface area (Å²) in [5, 5.41) is -0.307. The van der Waals surface area contributed by atoms with Gasteiger partial charge in [-0.2, -0.15) is 0 Å². The predicted octanol–water partition coefficient (Wildman–Crippen LogP) is -0.0461. The topological polar surface area (TPSA) is 63.7 Å². The molecule has 0 unspecified atom stereocenters. The maximum absolute atomic E-state index is 11.3. The van der Waals surface area contributed by atoms with Gasteiger partial charge in [-0.3, -0.25) is 14.2 Å². The first kappa shape index (κ1) is 13.3. The maximum Gasteiger partial charge on any atom is 0.408 e. The van der Waals surface area contributed by atoms with Crippen LogP contribution >= 0.6 is 0 Å². The van der Waals surface area contributed by atoms with E-state index in [0.29, 0.717) is 0 Å². The fraction of sp³-hybridized carbons (Fsp3) is 0.222. The number of rotatable bonds is 5. The second kappa shape index (κ2) is 6.72. The quantitative estimate of drug-likeness (QED) is 0.488. The number of amides is 2. The van der Waals surface area contributed by atoms with Gasteiger partial charge in [0.05, 0.1) is 6.61 Å². The Labute approximate surface area is 90.3 Å². The summed E-state index contributed by atoms with van der Waals surface area (Å²) >= 11 is 0. The fourth-order valence-electron chi connectivity index (χ4n) is 0.764. The Bertz CT molecular complexity index is 300. The van der Waals surface area contributed by atoms with Gasteiger partial charge in [0.25, 0.3) is 0 Å². The lowest BCUT2D eigenvalue weighted by Crippen LogP contribution is -2.42. The van der Waals surface area contributed by atoms with Crippen molar-refractivity contribution in [3.63, 3.8) is 0 Å². The smallest absolute Gasteiger partial charge is 0.408 e. The lowest BCUT2D eigenvalue weighted by molar-refractivity contribution is -0.121. The first-order valence-corrected chi connectivity index (χ1v) is 5.66. The Kier molecular flexibility index (Phi) is 5.96. The minimum absolute atomic E-state index is 0.149. The summed E-state index contributed by atoms with van der Waals surface area (Å²) in [6.45, 7) is 8.28. The minimum Gasteiger partial charge on any atom is -0.450 e. The molecule has 0 aliphatic heterocycles. The monoisotopic (exact) mass is 227 g/mol. The van der Waals surface area contributed by atoms with Crippen molar-refractivity contribution in [2.45, 2.75) is 6.92 Å². The lowest BCUT2D eigenvalue weighted by atomic mass is 10.6. The van der Waals surface area contributed by atoms with E-state index in [1.54, 1.807) is 6.92 Å². The van der Waals surface area contributed by atoms with E-state index < -0.39 is 21.7 Å². The van der Waals surface area contributed by atoms with Crippen molar-refractivity contribution < 1.29 is 19.1 Å². The molecule has 0 rings (SSSR count). The third-order valence-electron chi connectivity index (χ3n) is 1.47. The number of nitrogens with zero attached hydrogens (tertiary/aromatic N) is 1. The predicted molar refractivity (Wildman–Crippen MR) is 57.8 cm³/mol. The van der Waals surface area contributed by atoms with E-state index in [-0.39, 0.29) is 12.0 Å². The summed E-state index contributed by atoms with van der Waals surface area (Å²) in [4.78, 5) is 33.6. The van der Waals surface area contributed by atoms with Gasteiger partial charge < -0.3 is 4.74 Å². The van der Waals surface area contributed by atoms with Crippen LogP contribution in [0.4, 0.5) is 4.79 Å². The van der Waals surface area contributed by atoms with Crippen molar-refractivity contribution in [3.8, 4) is 0 Å². The van der Waals surface area contributed by atoms with Gasteiger partial charge in [0.15, 0.2) is 0 Å². The normalized spacial score (nSPS) is 9.67. The van der Waals surface area contributed by atoms with Crippen molar-refractivity contribution >= 4 is 27.1 Å². The average molecular weight is 227 g/mol. The fourth-order valence-corrected chi connectivity index (χ4v) is 1.71. The van der Waals surface area contributed by atoms with Crippen LogP contribution in [0.5, 0.6) is 0 Å². The summed E-state index contributed by atoms with van der Waals surface area (Å²) in [5.74, 6) is -0.615. The maximum atomic E-state index is 11.3. The van der Waals surface area contributed by atoms with Crippen LogP contribution in [0.2, 0.25) is 0 Å². The van der Waals surface area contributed by atoms with Crippen LogP contribution in [0.15, 0.2) is 25.3 Å². The highest BCUT2D eigenvalue weighted by Crippen LogP contribution is 1.95. The molecule has 0 atom stereocenters. The lowest BCUT2D eigenvalue weighted by Gasteiger charge is -2.16. The number of carbonyl (C=O) groups is 3. The highest BCUT2D eigenvalue weighted by molar-refractivity contribution is 6.77. The van der Waals surface area contributed by atoms with Gasteiger partial charge in [-0.1, -0.05) is 13.2 Å². The molecule has 82 valence electrons. The molecule has 0 aliphatic carbocycles. The Morgan fingerprint density at radius 2 is 1.93 bits per heavy atom. The van der Waals surface area contributed by atoms with Crippen LogP contribution in [0.1, 0.15) is 6.92 Å². The van der Waals surface area contributed by atoms with Crippen molar-refractivity contribution in [1.82, 2.24) is 4.57 Å². The molecule has 0 N–H and O–H groups in total. The molecule has 0 bridgehead atoms. The average Bonchev–Trinajstić information content (AvgIpc) is 2.24. The molecule has 0 radical (unpaired) electrons. The van der Waals surface area contributed by atoms with Gasteiger partial charge in [-0.05, 0) is 19.1 Å². The van der Waals surface area contributed by atoms with Crippen LogP contribution in [0.3, 0.4) is 0 Å². The molecule has 15 heavy (non-hydrogen) atoms. The number of hydrogen-bond donors (Lipinski definition) is 0. The molecule has 0 aromatic heterocycles. The SMILES string of the molecule is C=CC(=O)[SiH2]N(C(=O)C=C)C(=O)OCC. The summed E-state index contributed by atoms with van der Waals surface area (Å²) in [6, 6.07) is 0. The second-order valence-electron chi connectivity index (χ2n) is 2.50. The molecule has 0 saturated heterocycles.